The zero-order valence-electron chi connectivity index (χ0n) is 13.3. The number of carbonyl (C=O) groups excluding carboxylic acids is 1. The molecule has 0 aromatic heterocycles. The van der Waals surface area contributed by atoms with Crippen molar-refractivity contribution in [3.63, 3.8) is 0 Å². The molecule has 4 rings (SSSR count). The minimum Gasteiger partial charge on any atom is -0.480 e. The Hall–Kier alpha value is -1.59. The first-order valence-corrected chi connectivity index (χ1v) is 8.83. The first kappa shape index (κ1) is 15.9. The second kappa shape index (κ2) is 6.05. The second-order valence-corrected chi connectivity index (χ2v) is 7.34. The van der Waals surface area contributed by atoms with Gasteiger partial charge in [-0.05, 0) is 42.4 Å². The number of benzene rings is 1. The number of halogens is 1. The van der Waals surface area contributed by atoms with Crippen molar-refractivity contribution < 1.29 is 19.4 Å². The quantitative estimate of drug-likeness (QED) is 0.905. The van der Waals surface area contributed by atoms with Gasteiger partial charge in [0.15, 0.2) is 0 Å². The molecule has 1 aromatic rings. The maximum atomic E-state index is 13.0. The van der Waals surface area contributed by atoms with E-state index in [0.717, 1.165) is 17.0 Å². The third-order valence-corrected chi connectivity index (χ3v) is 5.98. The average molecular weight is 350 g/mol. The minimum atomic E-state index is -0.955. The molecule has 128 valence electrons. The van der Waals surface area contributed by atoms with Crippen molar-refractivity contribution in [3.05, 3.63) is 34.3 Å². The van der Waals surface area contributed by atoms with Crippen molar-refractivity contribution in [2.45, 2.75) is 31.2 Å². The van der Waals surface area contributed by atoms with Crippen LogP contribution >= 0.6 is 11.6 Å². The lowest BCUT2D eigenvalue weighted by atomic mass is 10.00. The molecule has 3 atom stereocenters. The third-order valence-electron chi connectivity index (χ3n) is 5.63. The highest BCUT2D eigenvalue weighted by atomic mass is 35.5. The summed E-state index contributed by atoms with van der Waals surface area (Å²) in [6.45, 7) is 0.954. The second-order valence-electron chi connectivity index (χ2n) is 6.93. The molecule has 24 heavy (non-hydrogen) atoms. The number of nitrogens with zero attached hydrogens (tertiary/aromatic N) is 1. The molecule has 1 aromatic carbocycles. The maximum absolute atomic E-state index is 13.0. The summed E-state index contributed by atoms with van der Waals surface area (Å²) < 4.78 is 5.34. The number of carboxylic acid groups (broad SMARTS) is 1. The van der Waals surface area contributed by atoms with Gasteiger partial charge in [0.25, 0.3) is 0 Å². The van der Waals surface area contributed by atoms with Gasteiger partial charge < -0.3 is 14.7 Å². The molecule has 6 heteroatoms. The smallest absolute Gasteiger partial charge is 0.323 e. The Morgan fingerprint density at radius 3 is 2.75 bits per heavy atom. The van der Waals surface area contributed by atoms with Crippen molar-refractivity contribution in [3.8, 4) is 0 Å². The Labute approximate surface area is 145 Å². The number of ether oxygens (including phenoxy) is 1. The molecule has 1 saturated carbocycles. The lowest BCUT2D eigenvalue weighted by Crippen LogP contribution is -2.47. The number of aliphatic carboxylic acids is 1. The summed E-state index contributed by atoms with van der Waals surface area (Å²) >= 11 is 6.25. The van der Waals surface area contributed by atoms with E-state index >= 15 is 0 Å². The summed E-state index contributed by atoms with van der Waals surface area (Å²) in [7, 11) is 0. The van der Waals surface area contributed by atoms with Crippen LogP contribution in [0.4, 0.5) is 0 Å². The molecule has 1 N–H and O–H groups in total. The molecule has 1 amide bonds. The van der Waals surface area contributed by atoms with Crippen LogP contribution in [0.3, 0.4) is 0 Å². The van der Waals surface area contributed by atoms with Gasteiger partial charge in [0, 0.05) is 36.1 Å². The Bertz CT molecular complexity index is 686. The number of rotatable bonds is 4. The molecule has 0 radical (unpaired) electrons. The largest absolute Gasteiger partial charge is 0.480 e. The first-order valence-electron chi connectivity index (χ1n) is 8.45. The van der Waals surface area contributed by atoms with Gasteiger partial charge in [-0.3, -0.25) is 9.59 Å². The number of fused-ring (bicyclic) bond motifs is 3. The highest BCUT2D eigenvalue weighted by Crippen LogP contribution is 2.63. The van der Waals surface area contributed by atoms with Gasteiger partial charge in [0.05, 0.1) is 0 Å². The molecule has 2 aliphatic carbocycles. The van der Waals surface area contributed by atoms with Crippen molar-refractivity contribution in [2.75, 3.05) is 19.8 Å². The van der Waals surface area contributed by atoms with E-state index in [4.69, 9.17) is 16.3 Å². The van der Waals surface area contributed by atoms with Crippen molar-refractivity contribution >= 4 is 23.5 Å². The van der Waals surface area contributed by atoms with Crippen LogP contribution in [0.25, 0.3) is 0 Å². The molecule has 0 spiro atoms. The van der Waals surface area contributed by atoms with Crippen LogP contribution < -0.4 is 0 Å². The van der Waals surface area contributed by atoms with Crippen molar-refractivity contribution in [1.82, 2.24) is 4.90 Å². The molecule has 1 saturated heterocycles. The van der Waals surface area contributed by atoms with Gasteiger partial charge in [-0.2, -0.15) is 0 Å². The summed E-state index contributed by atoms with van der Waals surface area (Å²) in [5, 5.41) is 10.00. The average Bonchev–Trinajstić information content (AvgIpc) is 3.16. The summed E-state index contributed by atoms with van der Waals surface area (Å²) in [5.74, 6) is -0.557. The van der Waals surface area contributed by atoms with Gasteiger partial charge >= 0.3 is 5.97 Å². The van der Waals surface area contributed by atoms with E-state index in [-0.39, 0.29) is 36.2 Å². The first-order chi connectivity index (χ1) is 11.6. The maximum Gasteiger partial charge on any atom is 0.323 e. The number of carbonyl (C=O) groups is 2. The van der Waals surface area contributed by atoms with Gasteiger partial charge in [0.2, 0.25) is 5.91 Å². The van der Waals surface area contributed by atoms with Gasteiger partial charge in [0.1, 0.15) is 6.54 Å². The number of carboxylic acids is 1. The highest BCUT2D eigenvalue weighted by Gasteiger charge is 2.60. The molecule has 0 bridgehead atoms. The number of hydrogen-bond acceptors (Lipinski definition) is 3. The molecular weight excluding hydrogens is 330 g/mol. The molecule has 1 aliphatic heterocycles. The summed E-state index contributed by atoms with van der Waals surface area (Å²) in [5.41, 5.74) is 2.34. The van der Waals surface area contributed by atoms with E-state index < -0.39 is 5.97 Å². The molecule has 3 aliphatic rings. The zero-order chi connectivity index (χ0) is 16.8. The molecule has 5 nitrogen and oxygen atoms in total. The van der Waals surface area contributed by atoms with E-state index in [2.05, 4.69) is 6.07 Å². The Morgan fingerprint density at radius 1 is 1.29 bits per heavy atom. The molecule has 2 fully saturated rings. The zero-order valence-corrected chi connectivity index (χ0v) is 14.0. The Morgan fingerprint density at radius 2 is 2.04 bits per heavy atom. The van der Waals surface area contributed by atoms with E-state index in [1.54, 1.807) is 4.90 Å². The monoisotopic (exact) mass is 349 g/mol. The van der Waals surface area contributed by atoms with Gasteiger partial charge in [-0.25, -0.2) is 0 Å². The third kappa shape index (κ3) is 2.60. The molecule has 3 unspecified atom stereocenters. The van der Waals surface area contributed by atoms with Crippen LogP contribution in [-0.4, -0.2) is 47.7 Å². The van der Waals surface area contributed by atoms with Crippen LogP contribution in [0.5, 0.6) is 0 Å². The topological polar surface area (TPSA) is 66.8 Å². The Kier molecular flexibility index (Phi) is 4.01. The summed E-state index contributed by atoms with van der Waals surface area (Å²) in [6.07, 6.45) is 2.25. The van der Waals surface area contributed by atoms with E-state index in [1.807, 2.05) is 12.1 Å². The lowest BCUT2D eigenvalue weighted by Gasteiger charge is -2.33. The summed E-state index contributed by atoms with van der Waals surface area (Å²) in [4.78, 5) is 25.9. The summed E-state index contributed by atoms with van der Waals surface area (Å²) in [6, 6.07) is 5.84. The lowest BCUT2D eigenvalue weighted by molar-refractivity contribution is -0.148. The number of hydrogen-bond donors (Lipinski definition) is 1. The fourth-order valence-electron chi connectivity index (χ4n) is 4.45. The highest BCUT2D eigenvalue weighted by molar-refractivity contribution is 6.31. The van der Waals surface area contributed by atoms with E-state index in [0.29, 0.717) is 26.1 Å². The normalized spacial score (nSPS) is 28.1. The van der Waals surface area contributed by atoms with Crippen LogP contribution in [-0.2, 0) is 20.7 Å². The van der Waals surface area contributed by atoms with Crippen molar-refractivity contribution in [2.24, 2.45) is 11.8 Å². The van der Waals surface area contributed by atoms with Crippen LogP contribution in [0.1, 0.15) is 29.9 Å². The van der Waals surface area contributed by atoms with Crippen LogP contribution in [0.15, 0.2) is 18.2 Å². The SMILES string of the molecule is O=C(O)CN(C(=O)C1C2Cc3c(Cl)cccc3C21)C1CCOCC1. The van der Waals surface area contributed by atoms with E-state index in [1.165, 1.54) is 5.56 Å². The van der Waals surface area contributed by atoms with Crippen molar-refractivity contribution in [1.29, 1.82) is 0 Å². The predicted molar refractivity (Wildman–Crippen MR) is 88.1 cm³/mol. The van der Waals surface area contributed by atoms with Crippen LogP contribution in [0.2, 0.25) is 5.02 Å². The number of amides is 1. The fourth-order valence-corrected chi connectivity index (χ4v) is 4.71. The van der Waals surface area contributed by atoms with E-state index in [9.17, 15) is 14.7 Å². The predicted octanol–water partition coefficient (Wildman–Crippen LogP) is 2.32. The standard InChI is InChI=1S/C18H20ClNO4/c19-14-3-1-2-11-12(14)8-13-16(11)17(13)18(23)20(9-15(21)22)10-4-6-24-7-5-10/h1-3,10,13,16-17H,4-9H2,(H,21,22). The molecule has 1 heterocycles. The fraction of sp³-hybridized carbons (Fsp3) is 0.556. The Balaban J connectivity index is 1.53. The molecular formula is C18H20ClNO4. The van der Waals surface area contributed by atoms with Crippen LogP contribution in [0, 0.1) is 11.8 Å². The van der Waals surface area contributed by atoms with Gasteiger partial charge in [-0.1, -0.05) is 23.7 Å². The minimum absolute atomic E-state index is 0.00933. The van der Waals surface area contributed by atoms with Gasteiger partial charge in [-0.15, -0.1) is 0 Å².